The van der Waals surface area contributed by atoms with E-state index in [1.54, 1.807) is 11.8 Å². The number of phenols is 1. The van der Waals surface area contributed by atoms with E-state index in [4.69, 9.17) is 0 Å². The second-order valence-corrected chi connectivity index (χ2v) is 18.7. The number of likely N-dealkylation sites (N-methyl/N-ethyl adjacent to an activating group) is 1. The SMILES string of the molecule is CCC(C)CC(C)(CC)CC.CSc1ccc2ncc(S(=O)(=O)c3ccc(O)cc3)c(N3CCC(N4CCC(N5CCN(C)CC5)CC4)CC3)c2c1. The van der Waals surface area contributed by atoms with Crippen LogP contribution in [0.3, 0.4) is 0 Å². The van der Waals surface area contributed by atoms with Crippen LogP contribution in [0.4, 0.5) is 5.69 Å². The Bertz CT molecular complexity index is 1670. The second-order valence-electron chi connectivity index (χ2n) is 15.9. The molecular formula is C42H65N5O3S2. The zero-order valence-electron chi connectivity index (χ0n) is 33.0. The monoisotopic (exact) mass is 751 g/mol. The lowest BCUT2D eigenvalue weighted by Crippen LogP contribution is -2.54. The van der Waals surface area contributed by atoms with Crippen molar-refractivity contribution < 1.29 is 13.5 Å². The van der Waals surface area contributed by atoms with E-state index >= 15 is 0 Å². The first-order valence-corrected chi connectivity index (χ1v) is 22.5. The lowest BCUT2D eigenvalue weighted by molar-refractivity contribution is 0.0495. The van der Waals surface area contributed by atoms with Gasteiger partial charge in [0.25, 0.3) is 0 Å². The van der Waals surface area contributed by atoms with Gasteiger partial charge in [0.05, 0.1) is 16.1 Å². The molecular weight excluding hydrogens is 687 g/mol. The molecule has 3 aliphatic rings. The number of aromatic nitrogens is 1. The van der Waals surface area contributed by atoms with Gasteiger partial charge in [-0.25, -0.2) is 8.42 Å². The first kappa shape index (κ1) is 40.8. The fraction of sp³-hybridized carbons (Fsp3) is 0.643. The molecule has 2 aromatic carbocycles. The molecule has 3 aromatic rings. The fourth-order valence-electron chi connectivity index (χ4n) is 8.32. The van der Waals surface area contributed by atoms with Crippen molar-refractivity contribution in [2.75, 3.05) is 70.6 Å². The number of fused-ring (bicyclic) bond motifs is 1. The molecule has 3 fully saturated rings. The molecule has 0 aliphatic carbocycles. The van der Waals surface area contributed by atoms with Gasteiger partial charge in [-0.05, 0) is 112 Å². The molecule has 0 radical (unpaired) electrons. The molecule has 3 saturated heterocycles. The van der Waals surface area contributed by atoms with E-state index in [1.165, 1.54) is 95.2 Å². The number of hydrogen-bond donors (Lipinski definition) is 1. The molecule has 0 amide bonds. The highest BCUT2D eigenvalue weighted by atomic mass is 32.2. The molecule has 1 atom stereocenters. The van der Waals surface area contributed by atoms with Crippen molar-refractivity contribution in [3.8, 4) is 5.75 Å². The largest absolute Gasteiger partial charge is 0.508 e. The molecule has 1 unspecified atom stereocenters. The Kier molecular flexibility index (Phi) is 14.4. The van der Waals surface area contributed by atoms with Crippen molar-refractivity contribution in [3.63, 3.8) is 0 Å². The minimum Gasteiger partial charge on any atom is -0.508 e. The van der Waals surface area contributed by atoms with Gasteiger partial charge in [-0.3, -0.25) is 9.88 Å². The Hall–Kier alpha value is -2.37. The highest BCUT2D eigenvalue weighted by Crippen LogP contribution is 2.39. The van der Waals surface area contributed by atoms with Crippen LogP contribution in [0.2, 0.25) is 0 Å². The first-order chi connectivity index (χ1) is 24.9. The highest BCUT2D eigenvalue weighted by molar-refractivity contribution is 7.98. The summed E-state index contributed by atoms with van der Waals surface area (Å²) >= 11 is 1.64. The number of anilines is 1. The lowest BCUT2D eigenvalue weighted by atomic mass is 9.77. The predicted octanol–water partition coefficient (Wildman–Crippen LogP) is 8.42. The average molecular weight is 752 g/mol. The maximum Gasteiger partial charge on any atom is 0.210 e. The number of phenolic OH excluding ortho intramolecular Hbond substituents is 1. The summed E-state index contributed by atoms with van der Waals surface area (Å²) in [6.45, 7) is 20.3. The van der Waals surface area contributed by atoms with E-state index in [-0.39, 0.29) is 15.5 Å². The molecule has 4 heterocycles. The number of pyridine rings is 1. The van der Waals surface area contributed by atoms with Crippen LogP contribution in [0.15, 0.2) is 63.3 Å². The number of sulfone groups is 1. The predicted molar refractivity (Wildman–Crippen MR) is 219 cm³/mol. The third kappa shape index (κ3) is 9.83. The van der Waals surface area contributed by atoms with E-state index < -0.39 is 9.84 Å². The second kappa shape index (κ2) is 18.3. The van der Waals surface area contributed by atoms with Crippen molar-refractivity contribution in [1.82, 2.24) is 19.7 Å². The smallest absolute Gasteiger partial charge is 0.210 e. The summed E-state index contributed by atoms with van der Waals surface area (Å²) in [6.07, 6.45) is 13.5. The first-order valence-electron chi connectivity index (χ1n) is 19.8. The number of thioether (sulfide) groups is 1. The van der Waals surface area contributed by atoms with E-state index in [0.717, 1.165) is 66.4 Å². The van der Waals surface area contributed by atoms with Gasteiger partial charge >= 0.3 is 0 Å². The van der Waals surface area contributed by atoms with Crippen LogP contribution in [0.25, 0.3) is 10.9 Å². The molecule has 10 heteroatoms. The Labute approximate surface area is 319 Å². The van der Waals surface area contributed by atoms with Gasteiger partial charge in [-0.1, -0.05) is 53.9 Å². The molecule has 8 nitrogen and oxygen atoms in total. The minimum absolute atomic E-state index is 0.0417. The molecule has 3 aliphatic heterocycles. The third-order valence-corrected chi connectivity index (χ3v) is 15.0. The standard InChI is InChI=1S/C31H41N5O3S2.C11H24/c1-33-17-19-35(20-18-33)24-9-13-34(14-10-24)23-11-15-36(16-12-23)31-28-21-26(40-2)5-8-29(28)32-22-30(31)41(38,39)27-6-3-25(37)4-7-27;1-6-10(4)9-11(5,7-2)8-3/h3-8,21-24,37H,9-20H2,1-2H3;10H,6-9H2,1-5H3. The number of aromatic hydroxyl groups is 1. The van der Waals surface area contributed by atoms with Gasteiger partial charge in [0.1, 0.15) is 10.6 Å². The maximum atomic E-state index is 13.9. The van der Waals surface area contributed by atoms with Crippen LogP contribution in [-0.2, 0) is 9.84 Å². The average Bonchev–Trinajstić information content (AvgIpc) is 3.18. The topological polar surface area (TPSA) is 80.2 Å². The molecule has 6 rings (SSSR count). The number of rotatable bonds is 11. The van der Waals surface area contributed by atoms with Crippen LogP contribution in [-0.4, -0.2) is 111 Å². The Morgan fingerprint density at radius 2 is 1.44 bits per heavy atom. The van der Waals surface area contributed by atoms with Crippen molar-refractivity contribution in [1.29, 1.82) is 0 Å². The van der Waals surface area contributed by atoms with E-state index in [1.807, 2.05) is 18.4 Å². The number of likely N-dealkylation sites (tertiary alicyclic amines) is 1. The van der Waals surface area contributed by atoms with Gasteiger partial charge in [0, 0.05) is 67.8 Å². The molecule has 52 heavy (non-hydrogen) atoms. The van der Waals surface area contributed by atoms with Gasteiger partial charge in [-0.15, -0.1) is 11.8 Å². The van der Waals surface area contributed by atoms with Crippen molar-refractivity contribution >= 4 is 38.2 Å². The van der Waals surface area contributed by atoms with Crippen LogP contribution in [0.5, 0.6) is 5.75 Å². The summed E-state index contributed by atoms with van der Waals surface area (Å²) < 4.78 is 27.9. The fourth-order valence-corrected chi connectivity index (χ4v) is 10.2. The molecule has 288 valence electrons. The molecule has 0 saturated carbocycles. The Morgan fingerprint density at radius 3 is 2.00 bits per heavy atom. The number of piperidine rings is 2. The third-order valence-electron chi connectivity index (χ3n) is 12.5. The van der Waals surface area contributed by atoms with Crippen molar-refractivity contribution in [3.05, 3.63) is 48.7 Å². The maximum absolute atomic E-state index is 13.9. The van der Waals surface area contributed by atoms with Crippen LogP contribution >= 0.6 is 11.8 Å². The van der Waals surface area contributed by atoms with Gasteiger partial charge in [0.2, 0.25) is 9.84 Å². The summed E-state index contributed by atoms with van der Waals surface area (Å²) in [5.41, 5.74) is 2.16. The highest BCUT2D eigenvalue weighted by Gasteiger charge is 2.34. The summed E-state index contributed by atoms with van der Waals surface area (Å²) in [4.78, 5) is 16.2. The zero-order chi connectivity index (χ0) is 37.5. The van der Waals surface area contributed by atoms with Crippen molar-refractivity contribution in [2.45, 2.75) is 113 Å². The van der Waals surface area contributed by atoms with E-state index in [9.17, 15) is 13.5 Å². The number of piperazine rings is 1. The molecule has 0 spiro atoms. The van der Waals surface area contributed by atoms with Crippen LogP contribution in [0, 0.1) is 11.3 Å². The normalized spacial score (nSPS) is 19.8. The molecule has 1 N–H and O–H groups in total. The summed E-state index contributed by atoms with van der Waals surface area (Å²) in [5, 5.41) is 10.6. The quantitative estimate of drug-likeness (QED) is 0.194. The molecule has 0 bridgehead atoms. The Balaban J connectivity index is 0.000000413. The van der Waals surface area contributed by atoms with E-state index in [0.29, 0.717) is 17.5 Å². The molecule has 1 aromatic heterocycles. The van der Waals surface area contributed by atoms with Crippen molar-refractivity contribution in [2.24, 2.45) is 11.3 Å². The zero-order valence-corrected chi connectivity index (χ0v) is 34.6. The number of nitrogens with zero attached hydrogens (tertiary/aromatic N) is 5. The van der Waals surface area contributed by atoms with E-state index in [2.05, 4.69) is 72.3 Å². The lowest BCUT2D eigenvalue weighted by Gasteiger charge is -2.46. The van der Waals surface area contributed by atoms with Gasteiger partial charge in [0.15, 0.2) is 0 Å². The Morgan fingerprint density at radius 1 is 0.865 bits per heavy atom. The van der Waals surface area contributed by atoms with Crippen LogP contribution in [0.1, 0.15) is 86.0 Å². The summed E-state index contributed by atoms with van der Waals surface area (Å²) in [6, 6.07) is 13.1. The summed E-state index contributed by atoms with van der Waals surface area (Å²) in [5.74, 6) is 0.944. The summed E-state index contributed by atoms with van der Waals surface area (Å²) in [7, 11) is -1.62. The van der Waals surface area contributed by atoms with Gasteiger partial charge in [-0.2, -0.15) is 0 Å². The minimum atomic E-state index is -3.84. The van der Waals surface area contributed by atoms with Gasteiger partial charge < -0.3 is 19.8 Å². The van der Waals surface area contributed by atoms with Crippen LogP contribution < -0.4 is 4.90 Å². The number of hydrogen-bond acceptors (Lipinski definition) is 9. The number of benzene rings is 2.